The van der Waals surface area contributed by atoms with Crippen molar-refractivity contribution < 1.29 is 9.13 Å². The number of likely N-dealkylation sites (tertiary alicyclic amines) is 1. The number of ether oxygens (including phenoxy) is 1. The quantitative estimate of drug-likeness (QED) is 0.713. The Morgan fingerprint density at radius 3 is 2.47 bits per heavy atom. The molecule has 0 unspecified atom stereocenters. The van der Waals surface area contributed by atoms with Crippen LogP contribution in [0.5, 0.6) is 0 Å². The third-order valence-corrected chi connectivity index (χ3v) is 3.81. The van der Waals surface area contributed by atoms with Gasteiger partial charge < -0.3 is 4.74 Å². The van der Waals surface area contributed by atoms with E-state index >= 15 is 0 Å². The van der Waals surface area contributed by atoms with Crippen LogP contribution in [0.2, 0.25) is 0 Å². The van der Waals surface area contributed by atoms with E-state index < -0.39 is 0 Å². The van der Waals surface area contributed by atoms with Gasteiger partial charge in [-0.2, -0.15) is 0 Å². The van der Waals surface area contributed by atoms with Crippen LogP contribution in [-0.4, -0.2) is 43.4 Å². The fraction of sp³-hybridized carbons (Fsp3) is 1.00. The predicted molar refractivity (Wildman–Crippen MR) is 58.7 cm³/mol. The lowest BCUT2D eigenvalue weighted by Crippen LogP contribution is -2.57. The average Bonchev–Trinajstić information content (AvgIpc) is 2.18. The molecule has 0 spiro atoms. The largest absolute Gasteiger partial charge is 0.373 e. The van der Waals surface area contributed by atoms with Crippen LogP contribution in [0, 0.1) is 5.92 Å². The molecule has 0 atom stereocenters. The molecular weight excluding hydrogens is 193 g/mol. The van der Waals surface area contributed by atoms with E-state index in [0.29, 0.717) is 6.10 Å². The van der Waals surface area contributed by atoms with Crippen molar-refractivity contribution >= 4 is 0 Å². The third kappa shape index (κ3) is 2.91. The van der Waals surface area contributed by atoms with E-state index in [2.05, 4.69) is 11.8 Å². The molecule has 1 aliphatic heterocycles. The topological polar surface area (TPSA) is 12.5 Å². The van der Waals surface area contributed by atoms with Gasteiger partial charge >= 0.3 is 0 Å². The molecule has 3 heteroatoms. The van der Waals surface area contributed by atoms with Crippen LogP contribution < -0.4 is 0 Å². The molecule has 0 aromatic rings. The van der Waals surface area contributed by atoms with Gasteiger partial charge in [0.2, 0.25) is 0 Å². The summed E-state index contributed by atoms with van der Waals surface area (Å²) in [4.78, 5) is 2.51. The summed E-state index contributed by atoms with van der Waals surface area (Å²) in [6.45, 7) is 4.33. The highest BCUT2D eigenvalue weighted by Crippen LogP contribution is 2.30. The molecule has 88 valence electrons. The van der Waals surface area contributed by atoms with Crippen LogP contribution in [-0.2, 0) is 4.74 Å². The van der Waals surface area contributed by atoms with Crippen LogP contribution in [0.25, 0.3) is 0 Å². The van der Waals surface area contributed by atoms with Gasteiger partial charge in [0.15, 0.2) is 0 Å². The van der Waals surface area contributed by atoms with Gasteiger partial charge in [-0.05, 0) is 31.6 Å². The zero-order valence-electron chi connectivity index (χ0n) is 9.62. The van der Waals surface area contributed by atoms with Crippen LogP contribution in [0.3, 0.4) is 0 Å². The normalized spacial score (nSPS) is 34.0. The summed E-state index contributed by atoms with van der Waals surface area (Å²) in [7, 11) is 0. The van der Waals surface area contributed by atoms with E-state index in [-0.39, 0.29) is 13.3 Å². The van der Waals surface area contributed by atoms with Crippen molar-refractivity contribution in [2.75, 3.05) is 26.4 Å². The summed E-state index contributed by atoms with van der Waals surface area (Å²) >= 11 is 0. The van der Waals surface area contributed by atoms with Crippen molar-refractivity contribution in [2.24, 2.45) is 5.92 Å². The number of hydrogen-bond acceptors (Lipinski definition) is 2. The Kier molecular flexibility index (Phi) is 3.98. The van der Waals surface area contributed by atoms with Crippen molar-refractivity contribution in [1.82, 2.24) is 4.90 Å². The summed E-state index contributed by atoms with van der Waals surface area (Å²) in [6, 6.07) is 0.784. The highest BCUT2D eigenvalue weighted by atomic mass is 19.1. The Labute approximate surface area is 91.8 Å². The lowest BCUT2D eigenvalue weighted by Gasteiger charge is -2.46. The standard InChI is InChI=1S/C12H22FNO/c1-10-2-4-11(5-3-10)14-8-12(9-14)15-7-6-13/h10-12H,2-9H2,1H3/t10-,11+. The van der Waals surface area contributed by atoms with Gasteiger partial charge in [-0.1, -0.05) is 6.92 Å². The van der Waals surface area contributed by atoms with Gasteiger partial charge in [0, 0.05) is 19.1 Å². The predicted octanol–water partition coefficient (Wildman–Crippen LogP) is 2.24. The molecule has 2 fully saturated rings. The van der Waals surface area contributed by atoms with Crippen molar-refractivity contribution in [3.8, 4) is 0 Å². The maximum absolute atomic E-state index is 11.9. The van der Waals surface area contributed by atoms with E-state index in [1.807, 2.05) is 0 Å². The molecule has 0 amide bonds. The second kappa shape index (κ2) is 5.26. The summed E-state index contributed by atoms with van der Waals surface area (Å²) in [5.41, 5.74) is 0. The number of rotatable bonds is 4. The maximum atomic E-state index is 11.9. The molecule has 0 aromatic carbocycles. The molecular formula is C12H22FNO. The Morgan fingerprint density at radius 1 is 1.20 bits per heavy atom. The second-order valence-electron chi connectivity index (χ2n) is 5.05. The zero-order valence-corrected chi connectivity index (χ0v) is 9.62. The van der Waals surface area contributed by atoms with Gasteiger partial charge in [0.25, 0.3) is 0 Å². The highest BCUT2D eigenvalue weighted by molar-refractivity contribution is 4.88. The average molecular weight is 215 g/mol. The van der Waals surface area contributed by atoms with Gasteiger partial charge in [0.05, 0.1) is 12.7 Å². The first-order valence-electron chi connectivity index (χ1n) is 6.21. The summed E-state index contributed by atoms with van der Waals surface area (Å²) in [5, 5.41) is 0. The minimum atomic E-state index is -0.350. The molecule has 0 N–H and O–H groups in total. The number of nitrogens with zero attached hydrogens (tertiary/aromatic N) is 1. The molecule has 1 saturated heterocycles. The van der Waals surface area contributed by atoms with Crippen molar-refractivity contribution in [3.63, 3.8) is 0 Å². The number of hydrogen-bond donors (Lipinski definition) is 0. The molecule has 0 radical (unpaired) electrons. The van der Waals surface area contributed by atoms with E-state index in [1.54, 1.807) is 0 Å². The highest BCUT2D eigenvalue weighted by Gasteiger charge is 2.34. The third-order valence-electron chi connectivity index (χ3n) is 3.81. The molecule has 0 aromatic heterocycles. The smallest absolute Gasteiger partial charge is 0.113 e. The van der Waals surface area contributed by atoms with Crippen LogP contribution >= 0.6 is 0 Å². The minimum Gasteiger partial charge on any atom is -0.373 e. The lowest BCUT2D eigenvalue weighted by molar-refractivity contribution is -0.0809. The SMILES string of the molecule is C[C@H]1CC[C@@H](N2CC(OCCF)C2)CC1. The first-order valence-corrected chi connectivity index (χ1v) is 6.21. The second-order valence-corrected chi connectivity index (χ2v) is 5.05. The van der Waals surface area contributed by atoms with Crippen LogP contribution in [0.15, 0.2) is 0 Å². The van der Waals surface area contributed by atoms with Crippen molar-refractivity contribution in [2.45, 2.75) is 44.8 Å². The zero-order chi connectivity index (χ0) is 10.7. The molecule has 1 saturated carbocycles. The fourth-order valence-electron chi connectivity index (χ4n) is 2.69. The van der Waals surface area contributed by atoms with Crippen molar-refractivity contribution in [1.29, 1.82) is 0 Å². The van der Waals surface area contributed by atoms with Gasteiger partial charge in [0.1, 0.15) is 6.67 Å². The number of alkyl halides is 1. The molecule has 15 heavy (non-hydrogen) atoms. The summed E-state index contributed by atoms with van der Waals surface area (Å²) in [5.74, 6) is 0.918. The van der Waals surface area contributed by atoms with E-state index in [9.17, 15) is 4.39 Å². The number of halogens is 1. The van der Waals surface area contributed by atoms with E-state index in [4.69, 9.17) is 4.74 Å². The summed E-state index contributed by atoms with van der Waals surface area (Å²) in [6.07, 6.45) is 5.74. The monoisotopic (exact) mass is 215 g/mol. The lowest BCUT2D eigenvalue weighted by atomic mass is 9.85. The Morgan fingerprint density at radius 2 is 1.87 bits per heavy atom. The van der Waals surface area contributed by atoms with Gasteiger partial charge in [-0.15, -0.1) is 0 Å². The maximum Gasteiger partial charge on any atom is 0.113 e. The molecule has 2 aliphatic rings. The van der Waals surface area contributed by atoms with Crippen LogP contribution in [0.4, 0.5) is 4.39 Å². The van der Waals surface area contributed by atoms with Gasteiger partial charge in [-0.3, -0.25) is 4.90 Å². The van der Waals surface area contributed by atoms with Crippen LogP contribution in [0.1, 0.15) is 32.6 Å². The molecule has 0 bridgehead atoms. The summed E-state index contributed by atoms with van der Waals surface area (Å²) < 4.78 is 17.2. The fourth-order valence-corrected chi connectivity index (χ4v) is 2.69. The van der Waals surface area contributed by atoms with Gasteiger partial charge in [-0.25, -0.2) is 4.39 Å². The van der Waals surface area contributed by atoms with E-state index in [0.717, 1.165) is 25.0 Å². The van der Waals surface area contributed by atoms with Crippen molar-refractivity contribution in [3.05, 3.63) is 0 Å². The Hall–Kier alpha value is -0.150. The van der Waals surface area contributed by atoms with E-state index in [1.165, 1.54) is 25.7 Å². The Balaban J connectivity index is 1.62. The molecule has 1 heterocycles. The molecule has 1 aliphatic carbocycles. The minimum absolute atomic E-state index is 0.278. The molecule has 2 rings (SSSR count). The first-order chi connectivity index (χ1) is 7.29. The Bertz CT molecular complexity index is 186. The molecule has 2 nitrogen and oxygen atoms in total. The first kappa shape index (κ1) is 11.3.